The lowest BCUT2D eigenvalue weighted by Gasteiger charge is -2.11. The molecule has 3 N–H and O–H groups in total. The Morgan fingerprint density at radius 3 is 2.17 bits per heavy atom. The summed E-state index contributed by atoms with van der Waals surface area (Å²) in [7, 11) is 0. The molecule has 0 spiro atoms. The Hall–Kier alpha value is -3.68. The van der Waals surface area contributed by atoms with Gasteiger partial charge in [-0.2, -0.15) is 0 Å². The number of fused-ring (bicyclic) bond motifs is 1. The first kappa shape index (κ1) is 21.0. The van der Waals surface area contributed by atoms with Crippen LogP contribution in [0.15, 0.2) is 58.1 Å². The Morgan fingerprint density at radius 2 is 1.53 bits per heavy atom. The maximum atomic E-state index is 12.3. The Bertz CT molecular complexity index is 1180. The first-order valence-electron chi connectivity index (χ1n) is 9.75. The van der Waals surface area contributed by atoms with Crippen molar-refractivity contribution < 1.29 is 9.59 Å². The molecule has 0 saturated carbocycles. The lowest BCUT2D eigenvalue weighted by Crippen LogP contribution is -2.31. The van der Waals surface area contributed by atoms with E-state index in [1.165, 1.54) is 4.57 Å². The van der Waals surface area contributed by atoms with E-state index in [-0.39, 0.29) is 30.7 Å². The third-order valence-corrected chi connectivity index (χ3v) is 4.51. The molecule has 0 bridgehead atoms. The number of benzene rings is 2. The van der Waals surface area contributed by atoms with Gasteiger partial charge in [-0.05, 0) is 42.3 Å². The zero-order valence-electron chi connectivity index (χ0n) is 16.9. The smallest absolute Gasteiger partial charge is 0.326 e. The molecule has 0 aliphatic carbocycles. The standard InChI is InChI=1S/C22H24N4O4/c1-14(2)13-20(28)24-16-9-7-15(8-10-16)23-19(27)11-12-26-18-6-4-3-5-17(18)21(29)25-22(26)30/h3-10,14H,11-13H2,1-2H3,(H,23,27)(H,24,28)(H,25,29,30). The second kappa shape index (κ2) is 9.21. The monoisotopic (exact) mass is 408 g/mol. The lowest BCUT2D eigenvalue weighted by molar-refractivity contribution is -0.117. The second-order valence-corrected chi connectivity index (χ2v) is 7.45. The van der Waals surface area contributed by atoms with Crippen molar-refractivity contribution in [1.29, 1.82) is 0 Å². The minimum Gasteiger partial charge on any atom is -0.326 e. The van der Waals surface area contributed by atoms with Crippen LogP contribution < -0.4 is 21.9 Å². The fourth-order valence-electron chi connectivity index (χ4n) is 3.12. The van der Waals surface area contributed by atoms with E-state index in [9.17, 15) is 19.2 Å². The van der Waals surface area contributed by atoms with E-state index in [0.29, 0.717) is 28.7 Å². The average Bonchev–Trinajstić information content (AvgIpc) is 2.68. The van der Waals surface area contributed by atoms with Crippen LogP contribution in [0.3, 0.4) is 0 Å². The Kier molecular flexibility index (Phi) is 6.46. The summed E-state index contributed by atoms with van der Waals surface area (Å²) < 4.78 is 1.38. The number of aromatic nitrogens is 2. The normalized spacial score (nSPS) is 10.9. The minimum absolute atomic E-state index is 0.0552. The highest BCUT2D eigenvalue weighted by molar-refractivity contribution is 5.93. The number of nitrogens with zero attached hydrogens (tertiary/aromatic N) is 1. The molecular formula is C22H24N4O4. The number of H-pyrrole nitrogens is 1. The number of nitrogens with one attached hydrogen (secondary N) is 3. The lowest BCUT2D eigenvalue weighted by atomic mass is 10.1. The number of amides is 2. The summed E-state index contributed by atoms with van der Waals surface area (Å²) in [5.74, 6) is -0.0511. The molecule has 0 atom stereocenters. The van der Waals surface area contributed by atoms with Crippen LogP contribution in [0.1, 0.15) is 26.7 Å². The number of para-hydroxylation sites is 1. The van der Waals surface area contributed by atoms with Gasteiger partial charge in [-0.3, -0.25) is 23.9 Å². The summed E-state index contributed by atoms with van der Waals surface area (Å²) in [6.45, 7) is 4.08. The van der Waals surface area contributed by atoms with E-state index in [4.69, 9.17) is 0 Å². The Balaban J connectivity index is 1.62. The van der Waals surface area contributed by atoms with Gasteiger partial charge < -0.3 is 10.6 Å². The van der Waals surface area contributed by atoms with Crippen LogP contribution in [0.25, 0.3) is 10.9 Å². The summed E-state index contributed by atoms with van der Waals surface area (Å²) in [6, 6.07) is 13.6. The highest BCUT2D eigenvalue weighted by atomic mass is 16.2. The van der Waals surface area contributed by atoms with Gasteiger partial charge in [0.15, 0.2) is 0 Å². The Morgan fingerprint density at radius 1 is 0.933 bits per heavy atom. The van der Waals surface area contributed by atoms with Crippen molar-refractivity contribution in [3.63, 3.8) is 0 Å². The number of aryl methyl sites for hydroxylation is 1. The van der Waals surface area contributed by atoms with Crippen LogP contribution in [-0.4, -0.2) is 21.4 Å². The molecule has 1 heterocycles. The van der Waals surface area contributed by atoms with Gasteiger partial charge in [-0.1, -0.05) is 26.0 Å². The van der Waals surface area contributed by atoms with Crippen LogP contribution in [0, 0.1) is 5.92 Å². The Labute approximate surface area is 172 Å². The molecule has 8 nitrogen and oxygen atoms in total. The molecule has 1 aromatic heterocycles. The van der Waals surface area contributed by atoms with Crippen molar-refractivity contribution in [2.75, 3.05) is 10.6 Å². The largest absolute Gasteiger partial charge is 0.328 e. The molecule has 0 unspecified atom stereocenters. The average molecular weight is 408 g/mol. The molecule has 2 amide bonds. The molecule has 0 fully saturated rings. The number of anilines is 2. The highest BCUT2D eigenvalue weighted by Crippen LogP contribution is 2.15. The van der Waals surface area contributed by atoms with E-state index in [1.807, 2.05) is 13.8 Å². The van der Waals surface area contributed by atoms with E-state index in [0.717, 1.165) is 0 Å². The van der Waals surface area contributed by atoms with Gasteiger partial charge in [-0.25, -0.2) is 4.79 Å². The summed E-state index contributed by atoms with van der Waals surface area (Å²) in [5, 5.41) is 5.97. The molecule has 30 heavy (non-hydrogen) atoms. The SMILES string of the molecule is CC(C)CC(=O)Nc1ccc(NC(=O)CCn2c(=O)[nH]c(=O)c3ccccc32)cc1. The molecule has 156 valence electrons. The van der Waals surface area contributed by atoms with E-state index >= 15 is 0 Å². The highest BCUT2D eigenvalue weighted by Gasteiger charge is 2.10. The van der Waals surface area contributed by atoms with Gasteiger partial charge >= 0.3 is 5.69 Å². The fraction of sp³-hybridized carbons (Fsp3) is 0.273. The predicted molar refractivity (Wildman–Crippen MR) is 117 cm³/mol. The van der Waals surface area contributed by atoms with Crippen LogP contribution in [-0.2, 0) is 16.1 Å². The zero-order valence-corrected chi connectivity index (χ0v) is 16.9. The molecule has 3 aromatic rings. The fourth-order valence-corrected chi connectivity index (χ4v) is 3.12. The summed E-state index contributed by atoms with van der Waals surface area (Å²) >= 11 is 0. The van der Waals surface area contributed by atoms with Crippen molar-refractivity contribution >= 4 is 34.1 Å². The van der Waals surface area contributed by atoms with Gasteiger partial charge in [0, 0.05) is 30.8 Å². The molecule has 0 radical (unpaired) electrons. The maximum absolute atomic E-state index is 12.3. The second-order valence-electron chi connectivity index (χ2n) is 7.45. The van der Waals surface area contributed by atoms with Crippen LogP contribution in [0.4, 0.5) is 11.4 Å². The summed E-state index contributed by atoms with van der Waals surface area (Å²) in [4.78, 5) is 50.5. The molecule has 0 saturated heterocycles. The van der Waals surface area contributed by atoms with Gasteiger partial charge in [-0.15, -0.1) is 0 Å². The third kappa shape index (κ3) is 5.22. The topological polar surface area (TPSA) is 113 Å². The van der Waals surface area contributed by atoms with Gasteiger partial charge in [0.2, 0.25) is 11.8 Å². The first-order valence-corrected chi connectivity index (χ1v) is 9.75. The minimum atomic E-state index is -0.548. The van der Waals surface area contributed by atoms with E-state index in [2.05, 4.69) is 15.6 Å². The van der Waals surface area contributed by atoms with Crippen LogP contribution in [0.5, 0.6) is 0 Å². The zero-order chi connectivity index (χ0) is 21.7. The van der Waals surface area contributed by atoms with Crippen molar-refractivity contribution in [1.82, 2.24) is 9.55 Å². The van der Waals surface area contributed by atoms with Crippen molar-refractivity contribution in [3.05, 3.63) is 69.4 Å². The first-order chi connectivity index (χ1) is 14.3. The van der Waals surface area contributed by atoms with E-state index in [1.54, 1.807) is 48.5 Å². The van der Waals surface area contributed by atoms with Crippen molar-refractivity contribution in [2.24, 2.45) is 5.92 Å². The molecule has 8 heteroatoms. The van der Waals surface area contributed by atoms with Crippen LogP contribution in [0.2, 0.25) is 0 Å². The van der Waals surface area contributed by atoms with Gasteiger partial charge in [0.1, 0.15) is 0 Å². The summed E-state index contributed by atoms with van der Waals surface area (Å²) in [5.41, 5.74) is 0.732. The molecule has 0 aliphatic rings. The third-order valence-electron chi connectivity index (χ3n) is 4.51. The number of carbonyl (C=O) groups is 2. The number of hydrogen-bond donors (Lipinski definition) is 3. The molecule has 0 aliphatic heterocycles. The molecule has 2 aromatic carbocycles. The quantitative estimate of drug-likeness (QED) is 0.558. The maximum Gasteiger partial charge on any atom is 0.328 e. The van der Waals surface area contributed by atoms with Gasteiger partial charge in [0.05, 0.1) is 10.9 Å². The number of aromatic amines is 1. The number of carbonyl (C=O) groups excluding carboxylic acids is 2. The molecule has 3 rings (SSSR count). The van der Waals surface area contributed by atoms with Crippen molar-refractivity contribution in [3.8, 4) is 0 Å². The summed E-state index contributed by atoms with van der Waals surface area (Å²) in [6.07, 6.45) is 0.500. The molecular weight excluding hydrogens is 384 g/mol. The van der Waals surface area contributed by atoms with Crippen LogP contribution >= 0.6 is 0 Å². The van der Waals surface area contributed by atoms with Gasteiger partial charge in [0.25, 0.3) is 5.56 Å². The predicted octanol–water partition coefficient (Wildman–Crippen LogP) is 2.70. The number of hydrogen-bond acceptors (Lipinski definition) is 4. The number of rotatable bonds is 7. The van der Waals surface area contributed by atoms with E-state index < -0.39 is 11.2 Å². The van der Waals surface area contributed by atoms with Crippen molar-refractivity contribution in [2.45, 2.75) is 33.2 Å².